The Kier molecular flexibility index (Phi) is 9.59. The quantitative estimate of drug-likeness (QED) is 0.516. The van der Waals surface area contributed by atoms with Gasteiger partial charge in [0.15, 0.2) is 0 Å². The smallest absolute Gasteiger partial charge is 0.319 e. The van der Waals surface area contributed by atoms with E-state index >= 15 is 0 Å². The minimum Gasteiger partial charge on any atom is -0.385 e. The number of benzene rings is 1. The maximum Gasteiger partial charge on any atom is 0.319 e. The second-order valence-corrected chi connectivity index (χ2v) is 8.17. The Bertz CT molecular complexity index is 817. The van der Waals surface area contributed by atoms with E-state index in [4.69, 9.17) is 4.74 Å². The second-order valence-electron chi connectivity index (χ2n) is 8.17. The van der Waals surface area contributed by atoms with E-state index in [-0.39, 0.29) is 24.5 Å². The van der Waals surface area contributed by atoms with E-state index in [1.165, 1.54) is 10.5 Å². The lowest BCUT2D eigenvalue weighted by Gasteiger charge is -2.31. The molecule has 1 aromatic heterocycles. The zero-order valence-corrected chi connectivity index (χ0v) is 19.5. The van der Waals surface area contributed by atoms with E-state index in [1.54, 1.807) is 26.1 Å². The van der Waals surface area contributed by atoms with Crippen LogP contribution < -0.4 is 0 Å². The Hall–Kier alpha value is -2.80. The molecule has 0 N–H and O–H groups in total. The van der Waals surface area contributed by atoms with Crippen molar-refractivity contribution in [3.8, 4) is 0 Å². The highest BCUT2D eigenvalue weighted by Gasteiger charge is 2.24. The van der Waals surface area contributed by atoms with Crippen LogP contribution in [0.1, 0.15) is 31.5 Å². The van der Waals surface area contributed by atoms with Crippen molar-refractivity contribution in [1.29, 1.82) is 0 Å². The number of hydrogen-bond acceptors (Lipinski definition) is 3. The number of aromatic nitrogens is 1. The maximum atomic E-state index is 13.2. The number of methoxy groups -OCH3 is 1. The highest BCUT2D eigenvalue weighted by molar-refractivity contribution is 5.84. The van der Waals surface area contributed by atoms with Crippen LogP contribution in [0.3, 0.4) is 0 Å². The maximum absolute atomic E-state index is 13.2. The van der Waals surface area contributed by atoms with Crippen LogP contribution in [0.25, 0.3) is 0 Å². The molecule has 0 aliphatic heterocycles. The summed E-state index contributed by atoms with van der Waals surface area (Å²) >= 11 is 0. The molecule has 0 bridgehead atoms. The van der Waals surface area contributed by atoms with Crippen LogP contribution in [0, 0.1) is 0 Å². The summed E-state index contributed by atoms with van der Waals surface area (Å²) in [7, 11) is 5.04. The van der Waals surface area contributed by atoms with Crippen molar-refractivity contribution in [1.82, 2.24) is 19.3 Å². The van der Waals surface area contributed by atoms with Crippen molar-refractivity contribution < 1.29 is 14.3 Å². The van der Waals surface area contributed by atoms with Gasteiger partial charge in [0.25, 0.3) is 0 Å². The lowest BCUT2D eigenvalue weighted by Crippen LogP contribution is -2.48. The lowest BCUT2D eigenvalue weighted by atomic mass is 10.2. The molecule has 0 saturated heterocycles. The standard InChI is InChI=1S/C24H36N4O3/c1-20(2)28(23(29)19-27(15-10-16-31-5)24(30)25(3)4)18-22-13-9-14-26(22)17-21-11-7-6-8-12-21/h6-9,11-14,20H,10,15-19H2,1-5H3. The molecule has 1 heterocycles. The van der Waals surface area contributed by atoms with Crippen molar-refractivity contribution >= 4 is 11.9 Å². The number of carbonyl (C=O) groups is 2. The summed E-state index contributed by atoms with van der Waals surface area (Å²) < 4.78 is 7.27. The normalized spacial score (nSPS) is 10.9. The van der Waals surface area contributed by atoms with Crippen LogP contribution in [0.15, 0.2) is 48.7 Å². The first-order valence-electron chi connectivity index (χ1n) is 10.8. The summed E-state index contributed by atoms with van der Waals surface area (Å²) in [6.45, 7) is 6.35. The number of nitrogens with zero attached hydrogens (tertiary/aromatic N) is 4. The topological polar surface area (TPSA) is 58.0 Å². The largest absolute Gasteiger partial charge is 0.385 e. The van der Waals surface area contributed by atoms with E-state index in [2.05, 4.69) is 16.7 Å². The second kappa shape index (κ2) is 12.2. The van der Waals surface area contributed by atoms with Crippen LogP contribution in [-0.2, 0) is 22.6 Å². The molecular weight excluding hydrogens is 392 g/mol. The minimum atomic E-state index is -0.166. The van der Waals surface area contributed by atoms with Crippen LogP contribution >= 0.6 is 0 Å². The van der Waals surface area contributed by atoms with Gasteiger partial charge in [-0.05, 0) is 38.0 Å². The number of urea groups is 1. The predicted octanol–water partition coefficient (Wildman–Crippen LogP) is 3.29. The number of hydrogen-bond donors (Lipinski definition) is 0. The Morgan fingerprint density at radius 1 is 1.06 bits per heavy atom. The first-order valence-corrected chi connectivity index (χ1v) is 10.8. The van der Waals surface area contributed by atoms with Gasteiger partial charge in [-0.25, -0.2) is 4.79 Å². The van der Waals surface area contributed by atoms with E-state index in [0.29, 0.717) is 26.1 Å². The van der Waals surface area contributed by atoms with Gasteiger partial charge in [-0.3, -0.25) is 4.79 Å². The Labute approximate surface area is 186 Å². The lowest BCUT2D eigenvalue weighted by molar-refractivity contribution is -0.134. The number of amides is 3. The zero-order valence-electron chi connectivity index (χ0n) is 19.5. The first kappa shape index (κ1) is 24.5. The van der Waals surface area contributed by atoms with Gasteiger partial charge in [-0.1, -0.05) is 30.3 Å². The third kappa shape index (κ3) is 7.43. The van der Waals surface area contributed by atoms with Crippen LogP contribution in [0.2, 0.25) is 0 Å². The van der Waals surface area contributed by atoms with Gasteiger partial charge >= 0.3 is 6.03 Å². The summed E-state index contributed by atoms with van der Waals surface area (Å²) in [6, 6.07) is 14.2. The average molecular weight is 429 g/mol. The Morgan fingerprint density at radius 3 is 2.39 bits per heavy atom. The summed E-state index contributed by atoms with van der Waals surface area (Å²) in [4.78, 5) is 30.7. The SMILES string of the molecule is COCCCN(CC(=O)N(Cc1cccn1Cc1ccccc1)C(C)C)C(=O)N(C)C. The Balaban J connectivity index is 2.11. The fraction of sp³-hybridized carbons (Fsp3) is 0.500. The molecule has 0 spiro atoms. The highest BCUT2D eigenvalue weighted by Crippen LogP contribution is 2.14. The van der Waals surface area contributed by atoms with Crippen LogP contribution in [0.4, 0.5) is 4.79 Å². The van der Waals surface area contributed by atoms with E-state index < -0.39 is 0 Å². The summed E-state index contributed by atoms with van der Waals surface area (Å²) in [5.74, 6) is -0.0601. The summed E-state index contributed by atoms with van der Waals surface area (Å²) in [5, 5.41) is 0. The molecule has 0 saturated carbocycles. The molecule has 0 radical (unpaired) electrons. The minimum absolute atomic E-state index is 0.0165. The number of ether oxygens (including phenoxy) is 1. The number of rotatable bonds is 11. The Morgan fingerprint density at radius 2 is 1.77 bits per heavy atom. The molecule has 7 nitrogen and oxygen atoms in total. The van der Waals surface area contributed by atoms with Gasteiger partial charge < -0.3 is 24.0 Å². The molecule has 31 heavy (non-hydrogen) atoms. The van der Waals surface area contributed by atoms with E-state index in [9.17, 15) is 9.59 Å². The van der Waals surface area contributed by atoms with Crippen molar-refractivity contribution in [3.05, 3.63) is 59.9 Å². The molecule has 1 aromatic carbocycles. The molecule has 0 fully saturated rings. The molecule has 0 atom stereocenters. The molecule has 7 heteroatoms. The fourth-order valence-electron chi connectivity index (χ4n) is 3.44. The van der Waals surface area contributed by atoms with Crippen molar-refractivity contribution in [2.45, 2.75) is 39.4 Å². The van der Waals surface area contributed by atoms with Gasteiger partial charge in [0.1, 0.15) is 6.54 Å². The third-order valence-electron chi connectivity index (χ3n) is 5.15. The van der Waals surface area contributed by atoms with Crippen LogP contribution in [0.5, 0.6) is 0 Å². The molecule has 0 aliphatic carbocycles. The highest BCUT2D eigenvalue weighted by atomic mass is 16.5. The van der Waals surface area contributed by atoms with Gasteiger partial charge in [-0.2, -0.15) is 0 Å². The summed E-state index contributed by atoms with van der Waals surface area (Å²) in [5.41, 5.74) is 2.28. The van der Waals surface area contributed by atoms with Crippen LogP contribution in [-0.4, -0.2) is 78.1 Å². The summed E-state index contributed by atoms with van der Waals surface area (Å²) in [6.07, 6.45) is 2.73. The molecule has 2 rings (SSSR count). The predicted molar refractivity (Wildman–Crippen MR) is 123 cm³/mol. The molecule has 2 aromatic rings. The average Bonchev–Trinajstić information content (AvgIpc) is 3.17. The van der Waals surface area contributed by atoms with Crippen molar-refractivity contribution in [2.24, 2.45) is 0 Å². The number of carbonyl (C=O) groups excluding carboxylic acids is 2. The van der Waals surface area contributed by atoms with Crippen molar-refractivity contribution in [3.63, 3.8) is 0 Å². The monoisotopic (exact) mass is 428 g/mol. The fourth-order valence-corrected chi connectivity index (χ4v) is 3.44. The molecule has 0 unspecified atom stereocenters. The van der Waals surface area contributed by atoms with Crippen molar-refractivity contribution in [2.75, 3.05) is 40.9 Å². The molecule has 170 valence electrons. The van der Waals surface area contributed by atoms with Gasteiger partial charge in [0.2, 0.25) is 5.91 Å². The molecular formula is C24H36N4O3. The molecule has 3 amide bonds. The first-order chi connectivity index (χ1) is 14.8. The third-order valence-corrected chi connectivity index (χ3v) is 5.15. The zero-order chi connectivity index (χ0) is 22.8. The van der Waals surface area contributed by atoms with Gasteiger partial charge in [-0.15, -0.1) is 0 Å². The molecule has 0 aliphatic rings. The van der Waals surface area contributed by atoms with Gasteiger partial charge in [0, 0.05) is 58.8 Å². The van der Waals surface area contributed by atoms with Gasteiger partial charge in [0.05, 0.1) is 6.54 Å². The van der Waals surface area contributed by atoms with E-state index in [0.717, 1.165) is 12.2 Å². The van der Waals surface area contributed by atoms with E-state index in [1.807, 2.05) is 55.3 Å².